The van der Waals surface area contributed by atoms with Crippen molar-refractivity contribution in [1.29, 1.82) is 0 Å². The van der Waals surface area contributed by atoms with Crippen LogP contribution in [0.3, 0.4) is 0 Å². The van der Waals surface area contributed by atoms with E-state index in [1.165, 1.54) is 24.8 Å². The van der Waals surface area contributed by atoms with Gasteiger partial charge < -0.3 is 10.1 Å². The summed E-state index contributed by atoms with van der Waals surface area (Å²) < 4.78 is 7.79. The van der Waals surface area contributed by atoms with Crippen LogP contribution < -0.4 is 5.32 Å². The summed E-state index contributed by atoms with van der Waals surface area (Å²) in [6.45, 7) is 4.04. The normalized spacial score (nSPS) is 28.8. The van der Waals surface area contributed by atoms with E-state index in [2.05, 4.69) is 23.5 Å². The standard InChI is InChI=1S/C13H21N3O/c1-9-12(8-16(2)15-9)13-10(5-6-17-13)7-14-11-3-4-11/h8,10-11,13-14H,3-7H2,1-2H3. The van der Waals surface area contributed by atoms with Crippen molar-refractivity contribution in [3.63, 3.8) is 0 Å². The number of nitrogens with zero attached hydrogens (tertiary/aromatic N) is 2. The number of aryl methyl sites for hydroxylation is 2. The molecule has 17 heavy (non-hydrogen) atoms. The number of hydrogen-bond acceptors (Lipinski definition) is 3. The van der Waals surface area contributed by atoms with Crippen molar-refractivity contribution in [3.05, 3.63) is 17.5 Å². The van der Waals surface area contributed by atoms with E-state index in [1.54, 1.807) is 0 Å². The molecule has 1 aromatic heterocycles. The molecular weight excluding hydrogens is 214 g/mol. The van der Waals surface area contributed by atoms with Gasteiger partial charge in [-0.05, 0) is 26.2 Å². The molecule has 2 fully saturated rings. The Kier molecular flexibility index (Phi) is 2.92. The smallest absolute Gasteiger partial charge is 0.0899 e. The van der Waals surface area contributed by atoms with Gasteiger partial charge in [0.15, 0.2) is 0 Å². The van der Waals surface area contributed by atoms with Crippen molar-refractivity contribution < 1.29 is 4.74 Å². The molecule has 4 nitrogen and oxygen atoms in total. The number of ether oxygens (including phenoxy) is 1. The monoisotopic (exact) mass is 235 g/mol. The summed E-state index contributed by atoms with van der Waals surface area (Å²) in [5.74, 6) is 0.610. The Morgan fingerprint density at radius 2 is 2.29 bits per heavy atom. The quantitative estimate of drug-likeness (QED) is 0.860. The predicted molar refractivity (Wildman–Crippen MR) is 65.8 cm³/mol. The molecule has 1 aliphatic heterocycles. The van der Waals surface area contributed by atoms with Gasteiger partial charge in [0.2, 0.25) is 0 Å². The summed E-state index contributed by atoms with van der Waals surface area (Å²) >= 11 is 0. The van der Waals surface area contributed by atoms with E-state index < -0.39 is 0 Å². The van der Waals surface area contributed by atoms with Gasteiger partial charge in [-0.25, -0.2) is 0 Å². The van der Waals surface area contributed by atoms with Gasteiger partial charge in [-0.15, -0.1) is 0 Å². The zero-order chi connectivity index (χ0) is 11.8. The Bertz CT molecular complexity index is 397. The van der Waals surface area contributed by atoms with Gasteiger partial charge in [0.05, 0.1) is 11.8 Å². The maximum absolute atomic E-state index is 5.91. The van der Waals surface area contributed by atoms with Crippen LogP contribution in [0.25, 0.3) is 0 Å². The Morgan fingerprint density at radius 3 is 2.94 bits per heavy atom. The van der Waals surface area contributed by atoms with Crippen LogP contribution >= 0.6 is 0 Å². The molecule has 94 valence electrons. The van der Waals surface area contributed by atoms with E-state index in [4.69, 9.17) is 4.74 Å². The van der Waals surface area contributed by atoms with Crippen LogP contribution in [0.4, 0.5) is 0 Å². The first-order valence-electron chi connectivity index (χ1n) is 6.59. The van der Waals surface area contributed by atoms with E-state index in [0.717, 1.165) is 24.9 Å². The summed E-state index contributed by atoms with van der Waals surface area (Å²) in [5, 5.41) is 8.03. The van der Waals surface area contributed by atoms with Crippen LogP contribution in [0.5, 0.6) is 0 Å². The zero-order valence-electron chi connectivity index (χ0n) is 10.6. The Hall–Kier alpha value is -0.870. The summed E-state index contributed by atoms with van der Waals surface area (Å²) in [7, 11) is 1.98. The van der Waals surface area contributed by atoms with Gasteiger partial charge in [0.25, 0.3) is 0 Å². The number of hydrogen-bond donors (Lipinski definition) is 1. The van der Waals surface area contributed by atoms with Gasteiger partial charge in [-0.2, -0.15) is 5.10 Å². The molecule has 0 aromatic carbocycles. The van der Waals surface area contributed by atoms with Crippen molar-refractivity contribution in [2.45, 2.75) is 38.3 Å². The molecule has 1 aliphatic carbocycles. The van der Waals surface area contributed by atoms with Crippen LogP contribution in [0.1, 0.15) is 36.6 Å². The summed E-state index contributed by atoms with van der Waals surface area (Å²) in [4.78, 5) is 0. The Morgan fingerprint density at radius 1 is 1.47 bits per heavy atom. The molecule has 0 bridgehead atoms. The van der Waals surface area contributed by atoms with E-state index >= 15 is 0 Å². The number of aromatic nitrogens is 2. The van der Waals surface area contributed by atoms with Crippen LogP contribution in [0.2, 0.25) is 0 Å². The number of rotatable bonds is 4. The van der Waals surface area contributed by atoms with Crippen LogP contribution in [-0.2, 0) is 11.8 Å². The Balaban J connectivity index is 1.69. The van der Waals surface area contributed by atoms with Gasteiger partial charge in [-0.3, -0.25) is 4.68 Å². The number of nitrogens with one attached hydrogen (secondary N) is 1. The fourth-order valence-electron chi connectivity index (χ4n) is 2.69. The fourth-order valence-corrected chi connectivity index (χ4v) is 2.69. The lowest BCUT2D eigenvalue weighted by molar-refractivity contribution is 0.0899. The lowest BCUT2D eigenvalue weighted by atomic mass is 9.96. The molecule has 3 rings (SSSR count). The van der Waals surface area contributed by atoms with E-state index in [-0.39, 0.29) is 6.10 Å². The summed E-state index contributed by atoms with van der Waals surface area (Å²) in [6.07, 6.45) is 6.22. The highest BCUT2D eigenvalue weighted by molar-refractivity contribution is 5.20. The second-order valence-corrected chi connectivity index (χ2v) is 5.37. The van der Waals surface area contributed by atoms with E-state index in [0.29, 0.717) is 5.92 Å². The van der Waals surface area contributed by atoms with Gasteiger partial charge in [0, 0.05) is 43.9 Å². The molecule has 2 unspecified atom stereocenters. The average Bonchev–Trinajstić information content (AvgIpc) is 2.91. The van der Waals surface area contributed by atoms with Crippen LogP contribution in [0, 0.1) is 12.8 Å². The molecule has 2 heterocycles. The van der Waals surface area contributed by atoms with Crippen LogP contribution in [-0.4, -0.2) is 29.0 Å². The van der Waals surface area contributed by atoms with Crippen molar-refractivity contribution in [2.75, 3.05) is 13.2 Å². The van der Waals surface area contributed by atoms with E-state index in [1.807, 2.05) is 11.7 Å². The minimum Gasteiger partial charge on any atom is -0.373 e. The second-order valence-electron chi connectivity index (χ2n) is 5.37. The SMILES string of the molecule is Cc1nn(C)cc1C1OCCC1CNC1CC1. The first-order valence-corrected chi connectivity index (χ1v) is 6.59. The molecule has 0 amide bonds. The third-order valence-corrected chi connectivity index (χ3v) is 3.82. The first kappa shape index (κ1) is 11.2. The molecule has 1 aromatic rings. The van der Waals surface area contributed by atoms with Gasteiger partial charge in [-0.1, -0.05) is 0 Å². The molecule has 4 heteroatoms. The minimum atomic E-state index is 0.245. The molecule has 1 saturated carbocycles. The highest BCUT2D eigenvalue weighted by Crippen LogP contribution is 2.35. The summed E-state index contributed by atoms with van der Waals surface area (Å²) in [5.41, 5.74) is 2.38. The van der Waals surface area contributed by atoms with Gasteiger partial charge >= 0.3 is 0 Å². The molecule has 0 spiro atoms. The second kappa shape index (κ2) is 4.42. The predicted octanol–water partition coefficient (Wildman–Crippen LogP) is 1.56. The summed E-state index contributed by atoms with van der Waals surface area (Å²) in [6, 6.07) is 0.784. The highest BCUT2D eigenvalue weighted by Gasteiger charge is 2.33. The van der Waals surface area contributed by atoms with Crippen molar-refractivity contribution in [2.24, 2.45) is 13.0 Å². The third-order valence-electron chi connectivity index (χ3n) is 3.82. The first-order chi connectivity index (χ1) is 8.24. The zero-order valence-corrected chi connectivity index (χ0v) is 10.6. The van der Waals surface area contributed by atoms with Crippen molar-refractivity contribution in [1.82, 2.24) is 15.1 Å². The fraction of sp³-hybridized carbons (Fsp3) is 0.769. The maximum atomic E-state index is 5.91. The molecule has 0 radical (unpaired) electrons. The topological polar surface area (TPSA) is 39.1 Å². The molecule has 2 aliphatic rings. The molecular formula is C13H21N3O. The van der Waals surface area contributed by atoms with Crippen LogP contribution in [0.15, 0.2) is 6.20 Å². The van der Waals surface area contributed by atoms with E-state index in [9.17, 15) is 0 Å². The largest absolute Gasteiger partial charge is 0.373 e. The maximum Gasteiger partial charge on any atom is 0.0899 e. The van der Waals surface area contributed by atoms with Crippen molar-refractivity contribution in [3.8, 4) is 0 Å². The highest BCUT2D eigenvalue weighted by atomic mass is 16.5. The third kappa shape index (κ3) is 2.38. The molecule has 2 atom stereocenters. The van der Waals surface area contributed by atoms with Gasteiger partial charge in [0.1, 0.15) is 0 Å². The lowest BCUT2D eigenvalue weighted by Gasteiger charge is -2.18. The lowest BCUT2D eigenvalue weighted by Crippen LogP contribution is -2.26. The Labute approximate surface area is 102 Å². The van der Waals surface area contributed by atoms with Crippen molar-refractivity contribution >= 4 is 0 Å². The molecule has 1 saturated heterocycles. The average molecular weight is 235 g/mol. The minimum absolute atomic E-state index is 0.245. The molecule has 1 N–H and O–H groups in total.